The fraction of sp³-hybridized carbons (Fsp3) is 0.467. The largest absolute Gasteiger partial charge is 0.355 e. The number of rotatable bonds is 4. The Kier molecular flexibility index (Phi) is 7.72. The molecule has 0 saturated carbocycles. The fourth-order valence-electron chi connectivity index (χ4n) is 2.33. The molecule has 1 saturated heterocycles. The van der Waals surface area contributed by atoms with Crippen molar-refractivity contribution >= 4 is 41.7 Å². The van der Waals surface area contributed by atoms with Gasteiger partial charge in [-0.3, -0.25) is 9.59 Å². The highest BCUT2D eigenvalue weighted by molar-refractivity contribution is 7.99. The smallest absolute Gasteiger partial charge is 0.251 e. The maximum atomic E-state index is 12.1. The minimum Gasteiger partial charge on any atom is -0.355 e. The Hall–Kier alpha value is -1.24. The molecule has 1 aromatic carbocycles. The van der Waals surface area contributed by atoms with Crippen molar-refractivity contribution in [2.75, 3.05) is 30.4 Å². The molecule has 1 unspecified atom stereocenters. The average Bonchev–Trinajstić information content (AvgIpc) is 2.49. The van der Waals surface area contributed by atoms with Gasteiger partial charge in [-0.2, -0.15) is 11.8 Å². The van der Waals surface area contributed by atoms with Crippen LogP contribution in [0.15, 0.2) is 18.2 Å². The molecule has 1 aliphatic rings. The first-order valence-electron chi connectivity index (χ1n) is 7.04. The van der Waals surface area contributed by atoms with Crippen molar-refractivity contribution in [1.82, 2.24) is 10.6 Å². The van der Waals surface area contributed by atoms with Gasteiger partial charge in [0.1, 0.15) is 0 Å². The first kappa shape index (κ1) is 18.8. The van der Waals surface area contributed by atoms with Crippen LogP contribution in [0.2, 0.25) is 0 Å². The third kappa shape index (κ3) is 4.90. The van der Waals surface area contributed by atoms with Crippen molar-refractivity contribution < 1.29 is 9.59 Å². The summed E-state index contributed by atoms with van der Waals surface area (Å²) in [5.41, 5.74) is 2.07. The number of carbonyl (C=O) groups is 2. The van der Waals surface area contributed by atoms with Gasteiger partial charge in [0.05, 0.1) is 0 Å². The normalized spacial score (nSPS) is 17.3. The summed E-state index contributed by atoms with van der Waals surface area (Å²) in [6.45, 7) is 2.79. The van der Waals surface area contributed by atoms with E-state index >= 15 is 0 Å². The molecule has 7 heteroatoms. The van der Waals surface area contributed by atoms with Crippen LogP contribution in [-0.4, -0.2) is 43.0 Å². The van der Waals surface area contributed by atoms with Gasteiger partial charge < -0.3 is 16.0 Å². The molecule has 5 nitrogen and oxygen atoms in total. The molecule has 2 amide bonds. The minimum atomic E-state index is -0.144. The monoisotopic (exact) mass is 343 g/mol. The van der Waals surface area contributed by atoms with Crippen LogP contribution < -0.4 is 16.0 Å². The first-order chi connectivity index (χ1) is 10.1. The first-order valence-corrected chi connectivity index (χ1v) is 8.20. The Balaban J connectivity index is 0.00000242. The topological polar surface area (TPSA) is 70.2 Å². The van der Waals surface area contributed by atoms with Crippen molar-refractivity contribution in [3.8, 4) is 0 Å². The molecule has 0 aliphatic carbocycles. The summed E-state index contributed by atoms with van der Waals surface area (Å²) in [6, 6.07) is 5.58. The Morgan fingerprint density at radius 1 is 1.41 bits per heavy atom. The predicted molar refractivity (Wildman–Crippen MR) is 94.2 cm³/mol. The van der Waals surface area contributed by atoms with Gasteiger partial charge in [-0.1, -0.05) is 6.07 Å². The molecule has 2 rings (SSSR count). The number of thioether (sulfide) groups is 1. The van der Waals surface area contributed by atoms with Gasteiger partial charge in [0, 0.05) is 48.8 Å². The molecule has 1 aliphatic heterocycles. The molecular weight excluding hydrogens is 322 g/mol. The third-order valence-electron chi connectivity index (χ3n) is 3.51. The van der Waals surface area contributed by atoms with E-state index < -0.39 is 0 Å². The van der Waals surface area contributed by atoms with E-state index in [2.05, 4.69) is 16.0 Å². The van der Waals surface area contributed by atoms with E-state index in [1.807, 2.05) is 24.8 Å². The number of hydrogen-bond acceptors (Lipinski definition) is 4. The Morgan fingerprint density at radius 3 is 2.82 bits per heavy atom. The zero-order valence-corrected chi connectivity index (χ0v) is 14.4. The Bertz CT molecular complexity index is 534. The minimum absolute atomic E-state index is 0. The van der Waals surface area contributed by atoms with Gasteiger partial charge in [-0.25, -0.2) is 0 Å². The van der Waals surface area contributed by atoms with E-state index in [1.165, 1.54) is 0 Å². The number of halogens is 1. The second kappa shape index (κ2) is 9.02. The summed E-state index contributed by atoms with van der Waals surface area (Å²) in [4.78, 5) is 23.9. The predicted octanol–water partition coefficient (Wildman–Crippen LogP) is 1.81. The summed E-state index contributed by atoms with van der Waals surface area (Å²) < 4.78 is 0. The summed E-state index contributed by atoms with van der Waals surface area (Å²) in [5, 5.41) is 8.86. The molecule has 0 aromatic heterocycles. The van der Waals surface area contributed by atoms with E-state index in [0.717, 1.165) is 23.6 Å². The van der Waals surface area contributed by atoms with Crippen LogP contribution in [0.4, 0.5) is 5.69 Å². The Morgan fingerprint density at radius 2 is 2.18 bits per heavy atom. The second-order valence-corrected chi connectivity index (χ2v) is 6.19. The number of hydrogen-bond donors (Lipinski definition) is 3. The number of anilines is 1. The van der Waals surface area contributed by atoms with Gasteiger partial charge in [0.15, 0.2) is 0 Å². The highest BCUT2D eigenvalue weighted by Crippen LogP contribution is 2.19. The standard InChI is InChI=1S/C15H21N3O2S.ClH/c1-10-12(15(20)16-2)4-3-5-13(10)18-14(19)8-11-9-21-7-6-17-11;/h3-5,11,17H,6-9H2,1-2H3,(H,16,20)(H,18,19);1H. The molecule has 1 fully saturated rings. The van der Waals surface area contributed by atoms with Gasteiger partial charge in [-0.05, 0) is 24.6 Å². The van der Waals surface area contributed by atoms with Gasteiger partial charge in [0.2, 0.25) is 5.91 Å². The lowest BCUT2D eigenvalue weighted by Gasteiger charge is -2.22. The van der Waals surface area contributed by atoms with Crippen LogP contribution in [0.5, 0.6) is 0 Å². The molecule has 0 bridgehead atoms. The van der Waals surface area contributed by atoms with Crippen LogP contribution in [0.25, 0.3) is 0 Å². The zero-order valence-electron chi connectivity index (χ0n) is 12.8. The number of nitrogens with one attached hydrogen (secondary N) is 3. The van der Waals surface area contributed by atoms with Crippen LogP contribution in [0.1, 0.15) is 22.3 Å². The molecule has 1 aromatic rings. The lowest BCUT2D eigenvalue weighted by molar-refractivity contribution is -0.116. The van der Waals surface area contributed by atoms with E-state index in [4.69, 9.17) is 0 Å². The third-order valence-corrected chi connectivity index (χ3v) is 4.64. The average molecular weight is 344 g/mol. The van der Waals surface area contributed by atoms with Gasteiger partial charge >= 0.3 is 0 Å². The highest BCUT2D eigenvalue weighted by atomic mass is 35.5. The van der Waals surface area contributed by atoms with E-state index in [1.54, 1.807) is 19.2 Å². The molecular formula is C15H22ClN3O2S. The Labute approximate surface area is 141 Å². The summed E-state index contributed by atoms with van der Waals surface area (Å²) >= 11 is 1.87. The van der Waals surface area contributed by atoms with E-state index in [0.29, 0.717) is 17.7 Å². The van der Waals surface area contributed by atoms with Crippen molar-refractivity contribution in [3.63, 3.8) is 0 Å². The summed E-state index contributed by atoms with van der Waals surface area (Å²) in [6.07, 6.45) is 0.455. The van der Waals surface area contributed by atoms with Crippen molar-refractivity contribution in [2.24, 2.45) is 0 Å². The lowest BCUT2D eigenvalue weighted by atomic mass is 10.1. The van der Waals surface area contributed by atoms with Gasteiger partial charge in [0.25, 0.3) is 5.91 Å². The van der Waals surface area contributed by atoms with Crippen LogP contribution in [-0.2, 0) is 4.79 Å². The maximum Gasteiger partial charge on any atom is 0.251 e. The van der Waals surface area contributed by atoms with E-state index in [-0.39, 0.29) is 30.3 Å². The van der Waals surface area contributed by atoms with Gasteiger partial charge in [-0.15, -0.1) is 12.4 Å². The lowest BCUT2D eigenvalue weighted by Crippen LogP contribution is -2.40. The molecule has 1 heterocycles. The molecule has 0 radical (unpaired) electrons. The second-order valence-electron chi connectivity index (χ2n) is 5.04. The molecule has 122 valence electrons. The van der Waals surface area contributed by atoms with Crippen LogP contribution >= 0.6 is 24.2 Å². The fourth-order valence-corrected chi connectivity index (χ4v) is 3.28. The van der Waals surface area contributed by atoms with Crippen LogP contribution in [0.3, 0.4) is 0 Å². The number of carbonyl (C=O) groups excluding carboxylic acids is 2. The van der Waals surface area contributed by atoms with Crippen LogP contribution in [0, 0.1) is 6.92 Å². The summed E-state index contributed by atoms with van der Waals surface area (Å²) in [7, 11) is 1.60. The summed E-state index contributed by atoms with van der Waals surface area (Å²) in [5.74, 6) is 1.90. The number of amides is 2. The molecule has 3 N–H and O–H groups in total. The molecule has 0 spiro atoms. The number of benzene rings is 1. The highest BCUT2D eigenvalue weighted by Gasteiger charge is 2.18. The maximum absolute atomic E-state index is 12.1. The van der Waals surface area contributed by atoms with E-state index in [9.17, 15) is 9.59 Å². The van der Waals surface area contributed by atoms with Crippen molar-refractivity contribution in [1.29, 1.82) is 0 Å². The van der Waals surface area contributed by atoms with Crippen molar-refractivity contribution in [2.45, 2.75) is 19.4 Å². The zero-order chi connectivity index (χ0) is 15.2. The SMILES string of the molecule is CNC(=O)c1cccc(NC(=O)CC2CSCCN2)c1C.Cl. The van der Waals surface area contributed by atoms with Crippen molar-refractivity contribution in [3.05, 3.63) is 29.3 Å². The molecule has 1 atom stereocenters. The quantitative estimate of drug-likeness (QED) is 0.779. The molecule has 22 heavy (non-hydrogen) atoms.